The fourth-order valence-corrected chi connectivity index (χ4v) is 2.61. The lowest BCUT2D eigenvalue weighted by atomic mass is 10.0. The largest absolute Gasteiger partial charge is 0.334 e. The molecule has 3 aromatic rings. The van der Waals surface area contributed by atoms with Crippen LogP contribution in [0.15, 0.2) is 48.7 Å². The molecule has 0 spiro atoms. The number of aromatic nitrogens is 3. The van der Waals surface area contributed by atoms with Crippen molar-refractivity contribution in [2.75, 3.05) is 0 Å². The highest BCUT2D eigenvalue weighted by atomic mass is 19.1. The molecule has 0 aliphatic rings. The van der Waals surface area contributed by atoms with Gasteiger partial charge in [0.25, 0.3) is 0 Å². The van der Waals surface area contributed by atoms with Crippen LogP contribution in [0.1, 0.15) is 31.3 Å². The monoisotopic (exact) mass is 341 g/mol. The number of hydrogen-bond acceptors (Lipinski definition) is 3. The van der Waals surface area contributed by atoms with Crippen molar-refractivity contribution in [2.45, 2.75) is 26.4 Å². The van der Waals surface area contributed by atoms with Gasteiger partial charge in [0.1, 0.15) is 5.82 Å². The molecule has 0 saturated heterocycles. The maximum absolute atomic E-state index is 13.6. The molecular weight excluding hydrogens is 321 g/mol. The maximum atomic E-state index is 13.6. The van der Waals surface area contributed by atoms with Crippen molar-refractivity contribution >= 4 is 11.7 Å². The second kappa shape index (κ2) is 7.29. The molecule has 2 heterocycles. The summed E-state index contributed by atoms with van der Waals surface area (Å²) >= 11 is 0. The van der Waals surface area contributed by atoms with E-state index in [4.69, 9.17) is 0 Å². The van der Waals surface area contributed by atoms with Crippen LogP contribution in [0.25, 0.3) is 5.65 Å². The molecule has 6 nitrogen and oxygen atoms in total. The fraction of sp³-hybridized carbons (Fsp3) is 0.278. The Balaban J connectivity index is 1.72. The molecule has 2 N–H and O–H groups in total. The van der Waals surface area contributed by atoms with Gasteiger partial charge in [0.05, 0.1) is 6.04 Å². The zero-order valence-corrected chi connectivity index (χ0v) is 14.1. The van der Waals surface area contributed by atoms with Crippen LogP contribution in [0.2, 0.25) is 0 Å². The van der Waals surface area contributed by atoms with Crippen LogP contribution in [0, 0.1) is 11.7 Å². The van der Waals surface area contributed by atoms with Crippen molar-refractivity contribution in [3.8, 4) is 0 Å². The van der Waals surface area contributed by atoms with Crippen molar-refractivity contribution in [1.82, 2.24) is 25.2 Å². The maximum Gasteiger partial charge on any atom is 0.315 e. The van der Waals surface area contributed by atoms with Gasteiger partial charge >= 0.3 is 6.03 Å². The molecule has 0 bridgehead atoms. The van der Waals surface area contributed by atoms with Crippen molar-refractivity contribution in [2.24, 2.45) is 5.92 Å². The molecule has 0 aliphatic heterocycles. The number of carbonyl (C=O) groups excluding carboxylic acids is 1. The molecular formula is C18H20FN5O. The van der Waals surface area contributed by atoms with E-state index in [0.29, 0.717) is 11.4 Å². The van der Waals surface area contributed by atoms with Gasteiger partial charge in [-0.2, -0.15) is 0 Å². The van der Waals surface area contributed by atoms with E-state index >= 15 is 0 Å². The summed E-state index contributed by atoms with van der Waals surface area (Å²) in [4.78, 5) is 12.3. The van der Waals surface area contributed by atoms with E-state index in [-0.39, 0.29) is 30.4 Å². The topological polar surface area (TPSA) is 71.3 Å². The summed E-state index contributed by atoms with van der Waals surface area (Å²) in [5.74, 6) is 0.421. The van der Waals surface area contributed by atoms with Gasteiger partial charge in [-0.1, -0.05) is 38.1 Å². The predicted octanol–water partition coefficient (Wildman–Crippen LogP) is 3.06. The highest BCUT2D eigenvalue weighted by Crippen LogP contribution is 2.20. The Bertz CT molecular complexity index is 877. The van der Waals surface area contributed by atoms with Gasteiger partial charge in [-0.3, -0.25) is 4.40 Å². The number of rotatable bonds is 5. The smallest absolute Gasteiger partial charge is 0.315 e. The number of amides is 2. The van der Waals surface area contributed by atoms with Crippen molar-refractivity contribution in [3.05, 3.63) is 65.9 Å². The quantitative estimate of drug-likeness (QED) is 0.749. The van der Waals surface area contributed by atoms with E-state index in [1.807, 2.05) is 42.6 Å². The van der Waals surface area contributed by atoms with Crippen LogP contribution in [0.5, 0.6) is 0 Å². The highest BCUT2D eigenvalue weighted by Gasteiger charge is 2.23. The number of hydrogen-bond donors (Lipinski definition) is 2. The average molecular weight is 341 g/mol. The third kappa shape index (κ3) is 3.76. The van der Waals surface area contributed by atoms with Gasteiger partial charge in [-0.05, 0) is 24.1 Å². The van der Waals surface area contributed by atoms with Crippen LogP contribution in [0.3, 0.4) is 0 Å². The van der Waals surface area contributed by atoms with Crippen molar-refractivity contribution in [1.29, 1.82) is 0 Å². The molecule has 2 amide bonds. The van der Waals surface area contributed by atoms with Gasteiger partial charge in [0.2, 0.25) is 0 Å². The lowest BCUT2D eigenvalue weighted by molar-refractivity contribution is 0.231. The molecule has 2 aromatic heterocycles. The lowest BCUT2D eigenvalue weighted by Gasteiger charge is -2.21. The minimum atomic E-state index is -0.380. The van der Waals surface area contributed by atoms with E-state index < -0.39 is 0 Å². The minimum Gasteiger partial charge on any atom is -0.334 e. The van der Waals surface area contributed by atoms with Crippen LogP contribution >= 0.6 is 0 Å². The number of urea groups is 1. The number of pyridine rings is 1. The molecule has 7 heteroatoms. The summed E-state index contributed by atoms with van der Waals surface area (Å²) in [6, 6.07) is 11.3. The summed E-state index contributed by atoms with van der Waals surface area (Å²) in [6.45, 7) is 4.10. The van der Waals surface area contributed by atoms with Gasteiger partial charge in [-0.25, -0.2) is 9.18 Å². The van der Waals surface area contributed by atoms with E-state index in [2.05, 4.69) is 20.8 Å². The first kappa shape index (κ1) is 16.9. The third-order valence-corrected chi connectivity index (χ3v) is 3.97. The number of nitrogens with one attached hydrogen (secondary N) is 2. The highest BCUT2D eigenvalue weighted by molar-refractivity contribution is 5.74. The Hall–Kier alpha value is -2.96. The number of nitrogens with zero attached hydrogens (tertiary/aromatic N) is 3. The second-order valence-electron chi connectivity index (χ2n) is 6.13. The first-order valence-corrected chi connectivity index (χ1v) is 8.13. The van der Waals surface area contributed by atoms with E-state index in [9.17, 15) is 9.18 Å². The fourth-order valence-electron chi connectivity index (χ4n) is 2.61. The lowest BCUT2D eigenvalue weighted by Crippen LogP contribution is -2.40. The van der Waals surface area contributed by atoms with Gasteiger partial charge in [0.15, 0.2) is 11.5 Å². The molecule has 1 aromatic carbocycles. The molecule has 130 valence electrons. The Morgan fingerprint density at radius 2 is 1.92 bits per heavy atom. The van der Waals surface area contributed by atoms with Crippen molar-refractivity contribution < 1.29 is 9.18 Å². The number of fused-ring (bicyclic) bond motifs is 1. The molecule has 0 aliphatic carbocycles. The first-order valence-electron chi connectivity index (χ1n) is 8.13. The number of halogens is 1. The van der Waals surface area contributed by atoms with E-state index in [0.717, 1.165) is 5.65 Å². The molecule has 0 radical (unpaired) electrons. The molecule has 3 rings (SSSR count). The number of benzene rings is 1. The second-order valence-corrected chi connectivity index (χ2v) is 6.13. The summed E-state index contributed by atoms with van der Waals surface area (Å²) in [5, 5.41) is 13.9. The zero-order chi connectivity index (χ0) is 17.8. The van der Waals surface area contributed by atoms with Crippen molar-refractivity contribution in [3.63, 3.8) is 0 Å². The Morgan fingerprint density at radius 3 is 2.68 bits per heavy atom. The summed E-state index contributed by atoms with van der Waals surface area (Å²) in [5.41, 5.74) is 1.16. The molecule has 1 unspecified atom stereocenters. The normalized spacial score (nSPS) is 12.3. The Kier molecular flexibility index (Phi) is 4.92. The van der Waals surface area contributed by atoms with Gasteiger partial charge in [-0.15, -0.1) is 10.2 Å². The molecule has 1 atom stereocenters. The Morgan fingerprint density at radius 1 is 1.16 bits per heavy atom. The van der Waals surface area contributed by atoms with E-state index in [1.54, 1.807) is 18.2 Å². The molecule has 0 fully saturated rings. The summed E-state index contributed by atoms with van der Waals surface area (Å²) in [6.07, 6.45) is 1.86. The average Bonchev–Trinajstić information content (AvgIpc) is 3.02. The van der Waals surface area contributed by atoms with Crippen LogP contribution < -0.4 is 10.6 Å². The molecule has 0 saturated carbocycles. The zero-order valence-electron chi connectivity index (χ0n) is 14.1. The predicted molar refractivity (Wildman–Crippen MR) is 92.3 cm³/mol. The third-order valence-electron chi connectivity index (χ3n) is 3.97. The summed E-state index contributed by atoms with van der Waals surface area (Å²) < 4.78 is 15.5. The van der Waals surface area contributed by atoms with Crippen LogP contribution in [-0.4, -0.2) is 20.6 Å². The van der Waals surface area contributed by atoms with E-state index in [1.165, 1.54) is 6.07 Å². The minimum absolute atomic E-state index is 0.104. The first-order chi connectivity index (χ1) is 12.1. The Labute approximate surface area is 145 Å². The van der Waals surface area contributed by atoms with Gasteiger partial charge < -0.3 is 10.6 Å². The number of carbonyl (C=O) groups is 1. The SMILES string of the molecule is CC(C)C(NC(=O)NCc1ccccc1F)c1nnc2ccccn12. The van der Waals surface area contributed by atoms with Crippen LogP contribution in [0.4, 0.5) is 9.18 Å². The van der Waals surface area contributed by atoms with Crippen LogP contribution in [-0.2, 0) is 6.54 Å². The van der Waals surface area contributed by atoms with Gasteiger partial charge in [0, 0.05) is 18.3 Å². The molecule has 25 heavy (non-hydrogen) atoms. The standard InChI is InChI=1S/C18H20FN5O/c1-12(2)16(17-23-22-15-9-5-6-10-24(15)17)21-18(25)20-11-13-7-3-4-8-14(13)19/h3-10,12,16H,11H2,1-2H3,(H2,20,21,25). The summed E-state index contributed by atoms with van der Waals surface area (Å²) in [7, 11) is 0.